The van der Waals surface area contributed by atoms with Gasteiger partial charge in [-0.25, -0.2) is 9.59 Å². The Morgan fingerprint density at radius 3 is 2.17 bits per heavy atom. The second-order valence-electron chi connectivity index (χ2n) is 13.4. The normalized spacial score (nSPS) is 12.9. The number of nitrogen functional groups attached to an aromatic ring is 1. The van der Waals surface area contributed by atoms with Gasteiger partial charge in [0, 0.05) is 11.8 Å². The summed E-state index contributed by atoms with van der Waals surface area (Å²) in [5, 5.41) is 4.92. The van der Waals surface area contributed by atoms with Gasteiger partial charge in [-0.15, -0.1) is 5.10 Å². The maximum Gasteiger partial charge on any atom is 0.435 e. The van der Waals surface area contributed by atoms with E-state index in [1.165, 1.54) is 7.11 Å². The number of fused-ring (bicyclic) bond motifs is 1. The fourth-order valence-corrected chi connectivity index (χ4v) is 7.89. The number of hydrogen-bond acceptors (Lipinski definition) is 9. The molecule has 1 amide bonds. The average molecular weight is 657 g/mol. The van der Waals surface area contributed by atoms with E-state index in [0.29, 0.717) is 28.2 Å². The highest BCUT2D eigenvalue weighted by atomic mass is 28.4. The quantitative estimate of drug-likeness (QED) is 0.145. The number of carbonyl (C=O) groups is 2. The number of nitrogens with two attached hydrogens (primary N) is 1. The molecule has 12 heteroatoms. The molecule has 1 aromatic heterocycles. The summed E-state index contributed by atoms with van der Waals surface area (Å²) >= 11 is 0. The molecule has 2 N–H and O–H groups in total. The topological polar surface area (TPSA) is 127 Å². The lowest BCUT2D eigenvalue weighted by atomic mass is 10.1. The van der Waals surface area contributed by atoms with E-state index < -0.39 is 37.8 Å². The minimum Gasteiger partial charge on any atom is -0.492 e. The minimum absolute atomic E-state index is 0.157. The van der Waals surface area contributed by atoms with E-state index in [2.05, 4.69) is 25.9 Å². The lowest BCUT2D eigenvalue weighted by molar-refractivity contribution is 0.0131. The van der Waals surface area contributed by atoms with Crippen LogP contribution in [0.25, 0.3) is 10.9 Å². The van der Waals surface area contributed by atoms with Crippen molar-refractivity contribution >= 4 is 37.1 Å². The van der Waals surface area contributed by atoms with Crippen LogP contribution >= 0.6 is 0 Å². The first kappa shape index (κ1) is 36.7. The predicted molar refractivity (Wildman–Crippen MR) is 183 cm³/mol. The Labute approximate surface area is 274 Å². The van der Waals surface area contributed by atoms with Gasteiger partial charge in [0.15, 0.2) is 8.32 Å². The number of carbonyl (C=O) groups excluding carboxylic acids is 2. The minimum atomic E-state index is -2.08. The fourth-order valence-electron chi connectivity index (χ4n) is 5.08. The molecule has 1 heterocycles. The zero-order chi connectivity index (χ0) is 34.3. The Morgan fingerprint density at radius 1 is 0.957 bits per heavy atom. The SMILES string of the molecule is CC[Si](CC)(CC)O[C@@H](CN(CCOc1ccc2c(OC)nn(C(=O)OC(C)(C)C)c2c1)C(=O)OC(C)(C)C)c1cccc(N)c1. The second-order valence-corrected chi connectivity index (χ2v) is 18.1. The molecule has 0 aliphatic carbocycles. The molecule has 3 aromatic rings. The van der Waals surface area contributed by atoms with E-state index in [4.69, 9.17) is 29.1 Å². The lowest BCUT2D eigenvalue weighted by Gasteiger charge is -2.36. The summed E-state index contributed by atoms with van der Waals surface area (Å²) in [7, 11) is -0.586. The standard InChI is InChI=1S/C34H52N4O7Si/c1-11-46(12-2,13-3)45-29(24-15-14-16-25(35)21-24)23-37(31(39)43-33(4,5)6)19-20-42-26-17-18-27-28(22-26)38(36-30(27)41-10)32(40)44-34(7,8)9/h14-18,21-22,29H,11-13,19-20,23,35H2,1-10H3/t29-/m0/s1. The summed E-state index contributed by atoms with van der Waals surface area (Å²) in [5.74, 6) is 0.781. The van der Waals surface area contributed by atoms with Crippen molar-refractivity contribution in [1.29, 1.82) is 0 Å². The Morgan fingerprint density at radius 2 is 1.61 bits per heavy atom. The van der Waals surface area contributed by atoms with E-state index >= 15 is 0 Å². The zero-order valence-corrected chi connectivity index (χ0v) is 30.1. The zero-order valence-electron chi connectivity index (χ0n) is 29.1. The smallest absolute Gasteiger partial charge is 0.435 e. The van der Waals surface area contributed by atoms with Gasteiger partial charge in [0.1, 0.15) is 23.6 Å². The molecule has 0 saturated carbocycles. The molecule has 0 bridgehead atoms. The number of aromatic nitrogens is 2. The van der Waals surface area contributed by atoms with Crippen molar-refractivity contribution in [3.63, 3.8) is 0 Å². The first-order valence-electron chi connectivity index (χ1n) is 16.0. The maximum atomic E-state index is 13.6. The highest BCUT2D eigenvalue weighted by Gasteiger charge is 2.35. The van der Waals surface area contributed by atoms with Crippen LogP contribution in [0.3, 0.4) is 0 Å². The molecule has 0 aliphatic rings. The first-order chi connectivity index (χ1) is 21.5. The van der Waals surface area contributed by atoms with Gasteiger partial charge in [-0.05, 0) is 89.5 Å². The molecular weight excluding hydrogens is 604 g/mol. The number of amides is 1. The Bertz CT molecular complexity index is 1470. The van der Waals surface area contributed by atoms with Gasteiger partial charge >= 0.3 is 12.2 Å². The molecule has 11 nitrogen and oxygen atoms in total. The van der Waals surface area contributed by atoms with Crippen molar-refractivity contribution in [2.24, 2.45) is 0 Å². The van der Waals surface area contributed by atoms with Crippen molar-refractivity contribution in [2.45, 2.75) is 97.8 Å². The molecule has 254 valence electrons. The molecule has 0 radical (unpaired) electrons. The van der Waals surface area contributed by atoms with E-state index in [0.717, 1.165) is 28.4 Å². The van der Waals surface area contributed by atoms with E-state index in [1.54, 1.807) is 43.9 Å². The van der Waals surface area contributed by atoms with Gasteiger partial charge in [-0.1, -0.05) is 32.9 Å². The molecule has 0 aliphatic heterocycles. The van der Waals surface area contributed by atoms with Crippen LogP contribution in [-0.2, 0) is 13.9 Å². The predicted octanol–water partition coefficient (Wildman–Crippen LogP) is 7.79. The summed E-state index contributed by atoms with van der Waals surface area (Å²) in [6, 6.07) is 15.8. The largest absolute Gasteiger partial charge is 0.492 e. The van der Waals surface area contributed by atoms with Gasteiger partial charge in [-0.3, -0.25) is 0 Å². The van der Waals surface area contributed by atoms with Crippen molar-refractivity contribution in [3.8, 4) is 11.6 Å². The highest BCUT2D eigenvalue weighted by molar-refractivity contribution is 6.73. The van der Waals surface area contributed by atoms with Crippen LogP contribution in [0.4, 0.5) is 15.3 Å². The van der Waals surface area contributed by atoms with Gasteiger partial charge in [-0.2, -0.15) is 4.68 Å². The van der Waals surface area contributed by atoms with E-state index in [9.17, 15) is 9.59 Å². The van der Waals surface area contributed by atoms with Crippen LogP contribution in [0.15, 0.2) is 42.5 Å². The third-order valence-corrected chi connectivity index (χ3v) is 12.3. The van der Waals surface area contributed by atoms with Gasteiger partial charge in [0.05, 0.1) is 37.2 Å². The van der Waals surface area contributed by atoms with Crippen LogP contribution in [0.1, 0.15) is 74.0 Å². The third kappa shape index (κ3) is 9.86. The number of hydrogen-bond donors (Lipinski definition) is 1. The number of methoxy groups -OCH3 is 1. The fraction of sp³-hybridized carbons (Fsp3) is 0.559. The molecule has 0 unspecified atom stereocenters. The molecule has 3 rings (SSSR count). The summed E-state index contributed by atoms with van der Waals surface area (Å²) < 4.78 is 31.0. The number of benzene rings is 2. The Kier molecular flexibility index (Phi) is 12.1. The lowest BCUT2D eigenvalue weighted by Crippen LogP contribution is -2.45. The molecule has 46 heavy (non-hydrogen) atoms. The van der Waals surface area contributed by atoms with Crippen molar-refractivity contribution in [3.05, 3.63) is 48.0 Å². The van der Waals surface area contributed by atoms with Crippen LogP contribution in [-0.4, -0.2) is 73.2 Å². The Balaban J connectivity index is 1.89. The monoisotopic (exact) mass is 656 g/mol. The van der Waals surface area contributed by atoms with Crippen LogP contribution in [0, 0.1) is 0 Å². The molecule has 0 fully saturated rings. The maximum absolute atomic E-state index is 13.6. The van der Waals surface area contributed by atoms with Crippen molar-refractivity contribution in [2.75, 3.05) is 32.5 Å². The number of rotatable bonds is 13. The second kappa shape index (κ2) is 15.2. The third-order valence-electron chi connectivity index (χ3n) is 7.65. The van der Waals surface area contributed by atoms with Crippen LogP contribution in [0.5, 0.6) is 11.6 Å². The summed E-state index contributed by atoms with van der Waals surface area (Å²) in [6.07, 6.45) is -1.49. The Hall–Kier alpha value is -3.77. The molecule has 1 atom stereocenters. The van der Waals surface area contributed by atoms with Crippen LogP contribution in [0.2, 0.25) is 18.1 Å². The highest BCUT2D eigenvalue weighted by Crippen LogP contribution is 2.32. The summed E-state index contributed by atoms with van der Waals surface area (Å²) in [6.45, 7) is 18.1. The van der Waals surface area contributed by atoms with Crippen LogP contribution < -0.4 is 15.2 Å². The molecule has 2 aromatic carbocycles. The van der Waals surface area contributed by atoms with Crippen molar-refractivity contribution in [1.82, 2.24) is 14.7 Å². The number of anilines is 1. The van der Waals surface area contributed by atoms with E-state index in [1.807, 2.05) is 45.0 Å². The van der Waals surface area contributed by atoms with Gasteiger partial charge in [0.25, 0.3) is 0 Å². The summed E-state index contributed by atoms with van der Waals surface area (Å²) in [5.41, 5.74) is 6.80. The average Bonchev–Trinajstić information content (AvgIpc) is 3.35. The molecular formula is C34H52N4O7Si. The van der Waals surface area contributed by atoms with Gasteiger partial charge < -0.3 is 34.0 Å². The van der Waals surface area contributed by atoms with E-state index in [-0.39, 0.29) is 19.7 Å². The molecule has 0 saturated heterocycles. The summed E-state index contributed by atoms with van der Waals surface area (Å²) in [4.78, 5) is 28.1. The van der Waals surface area contributed by atoms with Crippen molar-refractivity contribution < 1.29 is 33.0 Å². The molecule has 0 spiro atoms. The first-order valence-corrected chi connectivity index (χ1v) is 18.5. The number of ether oxygens (including phenoxy) is 4. The number of nitrogens with zero attached hydrogens (tertiary/aromatic N) is 3. The van der Waals surface area contributed by atoms with Gasteiger partial charge in [0.2, 0.25) is 5.88 Å².